The maximum absolute atomic E-state index is 12.0. The van der Waals surface area contributed by atoms with Gasteiger partial charge in [-0.05, 0) is 49.6 Å². The molecule has 2 N–H and O–H groups in total. The van der Waals surface area contributed by atoms with Gasteiger partial charge in [0.15, 0.2) is 5.76 Å². The predicted octanol–water partition coefficient (Wildman–Crippen LogP) is 2.18. The topological polar surface area (TPSA) is 71.7 Å². The molecule has 0 saturated carbocycles. The fourth-order valence-electron chi connectivity index (χ4n) is 2.13. The lowest BCUT2D eigenvalue weighted by Gasteiger charge is -2.09. The first kappa shape index (κ1) is 15.5. The number of benzene rings is 1. The van der Waals surface area contributed by atoms with E-state index in [1.54, 1.807) is 6.07 Å². The number of methoxy groups -OCH3 is 1. The van der Waals surface area contributed by atoms with E-state index in [-0.39, 0.29) is 18.3 Å². The monoisotopic (exact) mass is 291 g/mol. The molecule has 1 atom stereocenters. The minimum Gasteiger partial charge on any atom is -0.451 e. The van der Waals surface area contributed by atoms with E-state index in [9.17, 15) is 9.90 Å². The number of rotatable bonds is 6. The van der Waals surface area contributed by atoms with Gasteiger partial charge in [0.05, 0.1) is 12.7 Å². The molecule has 0 aliphatic carbocycles. The largest absolute Gasteiger partial charge is 0.451 e. The molecule has 0 aliphatic rings. The highest BCUT2D eigenvalue weighted by atomic mass is 16.5. The first-order valence-electron chi connectivity index (χ1n) is 6.97. The van der Waals surface area contributed by atoms with Crippen LogP contribution in [-0.2, 0) is 4.74 Å². The van der Waals surface area contributed by atoms with E-state index in [0.29, 0.717) is 18.5 Å². The molecule has 114 valence electrons. The number of ether oxygens (including phenoxy) is 1. The molecule has 0 radical (unpaired) electrons. The van der Waals surface area contributed by atoms with Gasteiger partial charge in [0.2, 0.25) is 0 Å². The van der Waals surface area contributed by atoms with E-state index < -0.39 is 6.10 Å². The van der Waals surface area contributed by atoms with Crippen LogP contribution in [0.2, 0.25) is 0 Å². The van der Waals surface area contributed by atoms with E-state index >= 15 is 0 Å². The van der Waals surface area contributed by atoms with Crippen LogP contribution in [0.25, 0.3) is 11.0 Å². The number of amides is 1. The number of carbonyl (C=O) groups is 1. The fraction of sp³-hybridized carbons (Fsp3) is 0.438. The summed E-state index contributed by atoms with van der Waals surface area (Å²) < 4.78 is 10.4. The molecule has 2 rings (SSSR count). The van der Waals surface area contributed by atoms with Crippen LogP contribution in [0.1, 0.15) is 28.1 Å². The molecule has 1 amide bonds. The number of carbonyl (C=O) groups excluding carboxylic acids is 1. The van der Waals surface area contributed by atoms with Gasteiger partial charge in [-0.25, -0.2) is 0 Å². The van der Waals surface area contributed by atoms with Crippen LogP contribution in [0.15, 0.2) is 22.6 Å². The summed E-state index contributed by atoms with van der Waals surface area (Å²) in [6, 6.07) is 5.68. The number of hydrogen-bond donors (Lipinski definition) is 2. The molecule has 1 aromatic carbocycles. The highest BCUT2D eigenvalue weighted by molar-refractivity contribution is 5.96. The van der Waals surface area contributed by atoms with E-state index in [1.807, 2.05) is 26.0 Å². The Labute approximate surface area is 123 Å². The number of fused-ring (bicyclic) bond motifs is 1. The van der Waals surface area contributed by atoms with Crippen molar-refractivity contribution in [1.82, 2.24) is 5.32 Å². The zero-order chi connectivity index (χ0) is 15.4. The number of aryl methyl sites for hydroxylation is 2. The fourth-order valence-corrected chi connectivity index (χ4v) is 2.13. The standard InChI is InChI=1S/C16H21NO4/c1-10-6-12-8-15(21-14(12)7-11(10)2)16(19)17-5-4-13(18)9-20-3/h6-8,13,18H,4-5,9H2,1-3H3,(H,17,19). The SMILES string of the molecule is COCC(O)CCNC(=O)c1cc2cc(C)c(C)cc2o1. The second-order valence-electron chi connectivity index (χ2n) is 5.24. The maximum Gasteiger partial charge on any atom is 0.287 e. The van der Waals surface area contributed by atoms with Gasteiger partial charge in [0.1, 0.15) is 5.58 Å². The van der Waals surface area contributed by atoms with Crippen LogP contribution < -0.4 is 5.32 Å². The van der Waals surface area contributed by atoms with Crippen molar-refractivity contribution in [3.8, 4) is 0 Å². The molecule has 5 nitrogen and oxygen atoms in total. The van der Waals surface area contributed by atoms with Crippen LogP contribution >= 0.6 is 0 Å². The summed E-state index contributed by atoms with van der Waals surface area (Å²) in [5, 5.41) is 13.2. The third kappa shape index (κ3) is 3.83. The summed E-state index contributed by atoms with van der Waals surface area (Å²) in [5.74, 6) is 0.0161. The zero-order valence-corrected chi connectivity index (χ0v) is 12.6. The van der Waals surface area contributed by atoms with Crippen LogP contribution in [0, 0.1) is 13.8 Å². The van der Waals surface area contributed by atoms with E-state index in [4.69, 9.17) is 9.15 Å². The van der Waals surface area contributed by atoms with E-state index in [1.165, 1.54) is 7.11 Å². The molecule has 0 fully saturated rings. The molecule has 0 saturated heterocycles. The van der Waals surface area contributed by atoms with Crippen LogP contribution in [0.4, 0.5) is 0 Å². The summed E-state index contributed by atoms with van der Waals surface area (Å²) in [4.78, 5) is 12.0. The minimum absolute atomic E-state index is 0.263. The molecule has 0 aliphatic heterocycles. The quantitative estimate of drug-likeness (QED) is 0.855. The van der Waals surface area contributed by atoms with Crippen LogP contribution in [0.3, 0.4) is 0 Å². The summed E-state index contributed by atoms with van der Waals surface area (Å²) in [6.07, 6.45) is -0.130. The molecule has 21 heavy (non-hydrogen) atoms. The number of aliphatic hydroxyl groups excluding tert-OH is 1. The Morgan fingerprint density at radius 3 is 2.76 bits per heavy atom. The Morgan fingerprint density at radius 1 is 1.33 bits per heavy atom. The lowest BCUT2D eigenvalue weighted by molar-refractivity contribution is 0.0586. The highest BCUT2D eigenvalue weighted by Gasteiger charge is 2.13. The molecule has 0 spiro atoms. The molecule has 1 aromatic heterocycles. The highest BCUT2D eigenvalue weighted by Crippen LogP contribution is 2.23. The summed E-state index contributed by atoms with van der Waals surface area (Å²) in [5.41, 5.74) is 3.01. The van der Waals surface area contributed by atoms with Gasteiger partial charge in [-0.15, -0.1) is 0 Å². The van der Waals surface area contributed by atoms with Gasteiger partial charge in [-0.1, -0.05) is 0 Å². The molecular weight excluding hydrogens is 270 g/mol. The second kappa shape index (κ2) is 6.74. The van der Waals surface area contributed by atoms with Crippen molar-refractivity contribution in [2.75, 3.05) is 20.3 Å². The summed E-state index contributed by atoms with van der Waals surface area (Å²) in [7, 11) is 1.53. The Morgan fingerprint density at radius 2 is 2.05 bits per heavy atom. The lowest BCUT2D eigenvalue weighted by Crippen LogP contribution is -2.28. The summed E-state index contributed by atoms with van der Waals surface area (Å²) >= 11 is 0. The van der Waals surface area contributed by atoms with Crippen molar-refractivity contribution in [1.29, 1.82) is 0 Å². The van der Waals surface area contributed by atoms with E-state index in [2.05, 4.69) is 5.32 Å². The first-order chi connectivity index (χ1) is 10.0. The number of furan rings is 1. The van der Waals surface area contributed by atoms with Crippen molar-refractivity contribution in [3.63, 3.8) is 0 Å². The van der Waals surface area contributed by atoms with Crippen LogP contribution in [0.5, 0.6) is 0 Å². The van der Waals surface area contributed by atoms with Crippen molar-refractivity contribution >= 4 is 16.9 Å². The molecule has 2 aromatic rings. The average Bonchev–Trinajstić information content (AvgIpc) is 2.82. The Kier molecular flexibility index (Phi) is 4.98. The van der Waals surface area contributed by atoms with Gasteiger partial charge in [0.25, 0.3) is 5.91 Å². The molecular formula is C16H21NO4. The number of nitrogens with one attached hydrogen (secondary N) is 1. The van der Waals surface area contributed by atoms with Gasteiger partial charge < -0.3 is 19.6 Å². The van der Waals surface area contributed by atoms with Crippen molar-refractivity contribution in [2.24, 2.45) is 0 Å². The van der Waals surface area contributed by atoms with Gasteiger partial charge in [0, 0.05) is 19.0 Å². The average molecular weight is 291 g/mol. The molecule has 1 heterocycles. The zero-order valence-electron chi connectivity index (χ0n) is 12.6. The van der Waals surface area contributed by atoms with Crippen molar-refractivity contribution in [3.05, 3.63) is 35.1 Å². The number of hydrogen-bond acceptors (Lipinski definition) is 4. The van der Waals surface area contributed by atoms with Crippen molar-refractivity contribution in [2.45, 2.75) is 26.4 Å². The van der Waals surface area contributed by atoms with Gasteiger partial charge in [-0.3, -0.25) is 4.79 Å². The first-order valence-corrected chi connectivity index (χ1v) is 6.97. The Bertz CT molecular complexity index is 593. The third-order valence-corrected chi connectivity index (χ3v) is 3.48. The van der Waals surface area contributed by atoms with Gasteiger partial charge >= 0.3 is 0 Å². The van der Waals surface area contributed by atoms with Crippen LogP contribution in [-0.4, -0.2) is 37.4 Å². The predicted molar refractivity (Wildman–Crippen MR) is 80.5 cm³/mol. The van der Waals surface area contributed by atoms with Gasteiger partial charge in [-0.2, -0.15) is 0 Å². The normalized spacial score (nSPS) is 12.6. The summed E-state index contributed by atoms with van der Waals surface area (Å²) in [6.45, 7) is 4.67. The minimum atomic E-state index is -0.573. The lowest BCUT2D eigenvalue weighted by atomic mass is 10.1. The third-order valence-electron chi connectivity index (χ3n) is 3.48. The number of aliphatic hydroxyl groups is 1. The smallest absolute Gasteiger partial charge is 0.287 e. The molecule has 0 bridgehead atoms. The maximum atomic E-state index is 12.0. The molecule has 1 unspecified atom stereocenters. The Hall–Kier alpha value is -1.85. The van der Waals surface area contributed by atoms with Crippen molar-refractivity contribution < 1.29 is 19.1 Å². The second-order valence-corrected chi connectivity index (χ2v) is 5.24. The Balaban J connectivity index is 1.99. The van der Waals surface area contributed by atoms with E-state index in [0.717, 1.165) is 16.5 Å². The molecule has 5 heteroatoms.